The Morgan fingerprint density at radius 2 is 2.21 bits per heavy atom. The van der Waals surface area contributed by atoms with Crippen molar-refractivity contribution in [1.29, 1.82) is 0 Å². The fourth-order valence-electron chi connectivity index (χ4n) is 2.26. The normalized spacial score (nSPS) is 23.2. The van der Waals surface area contributed by atoms with Crippen molar-refractivity contribution < 1.29 is 18.3 Å². The second-order valence-corrected chi connectivity index (χ2v) is 6.96. The fourth-order valence-corrected chi connectivity index (χ4v) is 3.81. The maximum Gasteiger partial charge on any atom is 0.321 e. The zero-order valence-corrected chi connectivity index (χ0v) is 12.4. The number of hydrogen-bond acceptors (Lipinski definition) is 3. The van der Waals surface area contributed by atoms with E-state index < -0.39 is 22.2 Å². The topological polar surface area (TPSA) is 86.7 Å². The molecule has 0 aliphatic carbocycles. The third-order valence-corrected chi connectivity index (χ3v) is 4.99. The third kappa shape index (κ3) is 5.08. The molecule has 0 aromatic rings. The quantitative estimate of drug-likeness (QED) is 0.738. The van der Waals surface area contributed by atoms with Crippen molar-refractivity contribution in [2.75, 3.05) is 13.1 Å². The van der Waals surface area contributed by atoms with Crippen LogP contribution in [0.3, 0.4) is 0 Å². The minimum atomic E-state index is -3.69. The molecule has 1 heterocycles. The van der Waals surface area contributed by atoms with Gasteiger partial charge in [-0.25, -0.2) is 0 Å². The summed E-state index contributed by atoms with van der Waals surface area (Å²) in [6, 6.07) is -1.03. The highest BCUT2D eigenvalue weighted by Gasteiger charge is 2.31. The summed E-state index contributed by atoms with van der Waals surface area (Å²) in [6.45, 7) is 4.89. The molecule has 1 unspecified atom stereocenters. The Morgan fingerprint density at radius 1 is 1.53 bits per heavy atom. The summed E-state index contributed by atoms with van der Waals surface area (Å²) >= 11 is 0. The molecule has 0 aromatic carbocycles. The predicted molar refractivity (Wildman–Crippen MR) is 73.0 cm³/mol. The first-order chi connectivity index (χ1) is 8.86. The van der Waals surface area contributed by atoms with Crippen LogP contribution in [0.5, 0.6) is 0 Å². The molecule has 1 rings (SSSR count). The molecule has 1 aliphatic rings. The summed E-state index contributed by atoms with van der Waals surface area (Å²) in [6.07, 6.45) is 3.70. The van der Waals surface area contributed by atoms with Crippen LogP contribution in [0.1, 0.15) is 46.0 Å². The van der Waals surface area contributed by atoms with Gasteiger partial charge in [0.1, 0.15) is 6.04 Å². The van der Waals surface area contributed by atoms with Gasteiger partial charge in [-0.05, 0) is 25.2 Å². The molecule has 7 heteroatoms. The Bertz CT molecular complexity index is 397. The lowest BCUT2D eigenvalue weighted by Crippen LogP contribution is -2.50. The molecule has 19 heavy (non-hydrogen) atoms. The van der Waals surface area contributed by atoms with E-state index in [0.29, 0.717) is 31.8 Å². The molecule has 1 fully saturated rings. The largest absolute Gasteiger partial charge is 0.480 e. The average Bonchev–Trinajstić information content (AvgIpc) is 2.34. The van der Waals surface area contributed by atoms with E-state index in [1.165, 1.54) is 4.31 Å². The van der Waals surface area contributed by atoms with Gasteiger partial charge in [0, 0.05) is 13.1 Å². The van der Waals surface area contributed by atoms with Gasteiger partial charge in [0.2, 0.25) is 0 Å². The van der Waals surface area contributed by atoms with Crippen molar-refractivity contribution in [3.05, 3.63) is 0 Å². The van der Waals surface area contributed by atoms with E-state index in [0.717, 1.165) is 19.3 Å². The highest BCUT2D eigenvalue weighted by atomic mass is 32.2. The lowest BCUT2D eigenvalue weighted by molar-refractivity contribution is -0.139. The molecule has 1 aliphatic heterocycles. The maximum atomic E-state index is 12.2. The van der Waals surface area contributed by atoms with Gasteiger partial charge in [-0.15, -0.1) is 0 Å². The van der Waals surface area contributed by atoms with Crippen molar-refractivity contribution in [2.45, 2.75) is 52.0 Å². The molecular formula is C12H24N2O4S. The number of piperidine rings is 1. The van der Waals surface area contributed by atoms with Gasteiger partial charge in [-0.1, -0.05) is 26.7 Å². The van der Waals surface area contributed by atoms with Crippen LogP contribution < -0.4 is 4.72 Å². The van der Waals surface area contributed by atoms with Gasteiger partial charge < -0.3 is 5.11 Å². The van der Waals surface area contributed by atoms with E-state index in [1.807, 2.05) is 13.8 Å². The van der Waals surface area contributed by atoms with Crippen molar-refractivity contribution in [3.63, 3.8) is 0 Å². The fraction of sp³-hybridized carbons (Fsp3) is 0.917. The first-order valence-electron chi connectivity index (χ1n) is 6.87. The van der Waals surface area contributed by atoms with Gasteiger partial charge in [-0.3, -0.25) is 4.79 Å². The molecule has 2 N–H and O–H groups in total. The van der Waals surface area contributed by atoms with Crippen LogP contribution in [-0.4, -0.2) is 42.9 Å². The van der Waals surface area contributed by atoms with Gasteiger partial charge in [0.15, 0.2) is 0 Å². The molecule has 0 bridgehead atoms. The number of hydrogen-bond donors (Lipinski definition) is 2. The highest BCUT2D eigenvalue weighted by Crippen LogP contribution is 2.18. The van der Waals surface area contributed by atoms with Crippen molar-refractivity contribution in [3.8, 4) is 0 Å². The molecule has 0 aromatic heterocycles. The average molecular weight is 292 g/mol. The molecule has 0 spiro atoms. The zero-order chi connectivity index (χ0) is 14.5. The van der Waals surface area contributed by atoms with E-state index in [-0.39, 0.29) is 0 Å². The molecule has 1 saturated heterocycles. The van der Waals surface area contributed by atoms with Crippen LogP contribution in [-0.2, 0) is 15.0 Å². The first kappa shape index (κ1) is 16.4. The Labute approximate surface area is 115 Å². The second-order valence-electron chi connectivity index (χ2n) is 5.26. The van der Waals surface area contributed by atoms with E-state index >= 15 is 0 Å². The maximum absolute atomic E-state index is 12.2. The van der Waals surface area contributed by atoms with Crippen molar-refractivity contribution in [1.82, 2.24) is 9.03 Å². The number of aliphatic carboxylic acids is 1. The Hall–Kier alpha value is -0.660. The van der Waals surface area contributed by atoms with Gasteiger partial charge in [0.25, 0.3) is 10.2 Å². The van der Waals surface area contributed by atoms with Crippen LogP contribution in [0, 0.1) is 5.92 Å². The van der Waals surface area contributed by atoms with E-state index in [4.69, 9.17) is 5.11 Å². The number of carboxylic acid groups (broad SMARTS) is 1. The van der Waals surface area contributed by atoms with Crippen molar-refractivity contribution in [2.24, 2.45) is 5.92 Å². The second kappa shape index (κ2) is 7.21. The van der Waals surface area contributed by atoms with Gasteiger partial charge in [0.05, 0.1) is 0 Å². The number of unbranched alkanes of at least 4 members (excludes halogenated alkanes) is 1. The molecule has 6 nitrogen and oxygen atoms in total. The van der Waals surface area contributed by atoms with Crippen LogP contribution in [0.25, 0.3) is 0 Å². The van der Waals surface area contributed by atoms with Gasteiger partial charge in [-0.2, -0.15) is 17.4 Å². The van der Waals surface area contributed by atoms with E-state index in [1.54, 1.807) is 0 Å². The SMILES string of the molecule is CCCC[C@H](NS(=O)(=O)N1CCCC(C)C1)C(=O)O. The predicted octanol–water partition coefficient (Wildman–Crippen LogP) is 1.20. The van der Waals surface area contributed by atoms with E-state index in [9.17, 15) is 13.2 Å². The lowest BCUT2D eigenvalue weighted by Gasteiger charge is -2.31. The summed E-state index contributed by atoms with van der Waals surface area (Å²) in [4.78, 5) is 11.1. The summed E-state index contributed by atoms with van der Waals surface area (Å²) < 4.78 is 28.0. The standard InChI is InChI=1S/C12H24N2O4S/c1-3-4-7-11(12(15)16)13-19(17,18)14-8-5-6-10(2)9-14/h10-11,13H,3-9H2,1-2H3,(H,15,16)/t10?,11-/m0/s1. The molecule has 0 saturated carbocycles. The Balaban J connectivity index is 2.67. The van der Waals surface area contributed by atoms with Crippen LogP contribution in [0.15, 0.2) is 0 Å². The number of carboxylic acids is 1. The first-order valence-corrected chi connectivity index (χ1v) is 8.31. The molecule has 0 radical (unpaired) electrons. The minimum absolute atomic E-state index is 0.323. The lowest BCUT2D eigenvalue weighted by atomic mass is 10.0. The smallest absolute Gasteiger partial charge is 0.321 e. The number of rotatable bonds is 7. The monoisotopic (exact) mass is 292 g/mol. The van der Waals surface area contributed by atoms with Crippen LogP contribution in [0.4, 0.5) is 0 Å². The molecular weight excluding hydrogens is 268 g/mol. The van der Waals surface area contributed by atoms with Gasteiger partial charge >= 0.3 is 5.97 Å². The van der Waals surface area contributed by atoms with E-state index in [2.05, 4.69) is 4.72 Å². The molecule has 2 atom stereocenters. The Morgan fingerprint density at radius 3 is 2.74 bits per heavy atom. The summed E-state index contributed by atoms with van der Waals surface area (Å²) in [5.41, 5.74) is 0. The summed E-state index contributed by atoms with van der Waals surface area (Å²) in [5, 5.41) is 9.07. The molecule has 0 amide bonds. The highest BCUT2D eigenvalue weighted by molar-refractivity contribution is 7.87. The van der Waals surface area contributed by atoms with Crippen molar-refractivity contribution >= 4 is 16.2 Å². The number of nitrogens with zero attached hydrogens (tertiary/aromatic N) is 1. The summed E-state index contributed by atoms with van der Waals surface area (Å²) in [5.74, 6) is -0.786. The van der Waals surface area contributed by atoms with Crippen LogP contribution >= 0.6 is 0 Å². The molecule has 112 valence electrons. The van der Waals surface area contributed by atoms with Crippen LogP contribution in [0.2, 0.25) is 0 Å². The summed E-state index contributed by atoms with van der Waals surface area (Å²) in [7, 11) is -3.69. The minimum Gasteiger partial charge on any atom is -0.480 e. The third-order valence-electron chi connectivity index (χ3n) is 3.40. The Kier molecular flexibility index (Phi) is 6.22. The number of nitrogens with one attached hydrogen (secondary N) is 1. The zero-order valence-electron chi connectivity index (χ0n) is 11.6. The number of carbonyl (C=O) groups is 1.